The Morgan fingerprint density at radius 1 is 1.50 bits per heavy atom. The van der Waals surface area contributed by atoms with E-state index in [9.17, 15) is 8.42 Å². The molecule has 0 aliphatic rings. The van der Waals surface area contributed by atoms with Gasteiger partial charge in [-0.05, 0) is 0 Å². The Kier molecular flexibility index (Phi) is 1.87. The highest BCUT2D eigenvalue weighted by Gasteiger charge is 2.13. The average Bonchev–Trinajstić information content (AvgIpc) is 2.47. The molecule has 0 saturated carbocycles. The molecule has 2 aromatic rings. The Morgan fingerprint density at radius 3 is 2.86 bits per heavy atom. The van der Waals surface area contributed by atoms with Gasteiger partial charge in [0.15, 0.2) is 10.3 Å². The molecule has 2 heterocycles. The minimum atomic E-state index is -4.35. The van der Waals surface area contributed by atoms with E-state index in [-0.39, 0.29) is 15.8 Å². The third kappa shape index (κ3) is 1.31. The molecule has 7 nitrogen and oxygen atoms in total. The molecule has 0 spiro atoms. The molecule has 2 rings (SSSR count). The Bertz CT molecular complexity index is 640. The molecule has 0 amide bonds. The minimum absolute atomic E-state index is 0.0903. The van der Waals surface area contributed by atoms with Gasteiger partial charge >= 0.3 is 10.3 Å². The van der Waals surface area contributed by atoms with Crippen molar-refractivity contribution in [2.24, 2.45) is 0 Å². The van der Waals surface area contributed by atoms with Gasteiger partial charge in [0.1, 0.15) is 11.8 Å². The highest BCUT2D eigenvalue weighted by atomic mass is 32.2. The molecule has 0 aliphatic carbocycles. The standard InChI is InChI=1S/C5H4N4O3S2/c10-14(11,12)9-2-8-3-4(9)6-1-7-5(3)13/h1-2H,(H,6,7,13)(H,10,11,12). The number of imidazole rings is 1. The second kappa shape index (κ2) is 2.83. The summed E-state index contributed by atoms with van der Waals surface area (Å²) in [5, 5.41) is 0. The van der Waals surface area contributed by atoms with Gasteiger partial charge in [-0.3, -0.25) is 4.55 Å². The highest BCUT2D eigenvalue weighted by molar-refractivity contribution is 7.84. The highest BCUT2D eigenvalue weighted by Crippen LogP contribution is 2.10. The van der Waals surface area contributed by atoms with Crippen LogP contribution in [-0.2, 0) is 10.3 Å². The van der Waals surface area contributed by atoms with Gasteiger partial charge in [0.2, 0.25) is 0 Å². The van der Waals surface area contributed by atoms with E-state index in [4.69, 9.17) is 16.8 Å². The van der Waals surface area contributed by atoms with Crippen LogP contribution < -0.4 is 0 Å². The summed E-state index contributed by atoms with van der Waals surface area (Å²) in [6.45, 7) is 0. The van der Waals surface area contributed by atoms with Crippen molar-refractivity contribution in [1.29, 1.82) is 0 Å². The lowest BCUT2D eigenvalue weighted by molar-refractivity contribution is 0.474. The minimum Gasteiger partial charge on any atom is -0.330 e. The molecule has 0 bridgehead atoms. The number of rotatable bonds is 1. The van der Waals surface area contributed by atoms with E-state index in [1.165, 1.54) is 6.33 Å². The van der Waals surface area contributed by atoms with Gasteiger partial charge in [0.05, 0.1) is 6.33 Å². The fourth-order valence-corrected chi connectivity index (χ4v) is 1.75. The molecular weight excluding hydrogens is 228 g/mol. The van der Waals surface area contributed by atoms with Gasteiger partial charge in [0, 0.05) is 0 Å². The quantitative estimate of drug-likeness (QED) is 0.535. The maximum atomic E-state index is 10.8. The van der Waals surface area contributed by atoms with Crippen molar-refractivity contribution in [2.75, 3.05) is 0 Å². The first-order chi connectivity index (χ1) is 6.50. The average molecular weight is 232 g/mol. The summed E-state index contributed by atoms with van der Waals surface area (Å²) in [6, 6.07) is 0. The van der Waals surface area contributed by atoms with Crippen LogP contribution >= 0.6 is 12.2 Å². The second-order valence-electron chi connectivity index (χ2n) is 2.42. The number of fused-ring (bicyclic) bond motifs is 1. The number of H-pyrrole nitrogens is 1. The summed E-state index contributed by atoms with van der Waals surface area (Å²) in [7, 11) is -4.35. The van der Waals surface area contributed by atoms with Crippen LogP contribution in [0.4, 0.5) is 0 Å². The van der Waals surface area contributed by atoms with E-state index < -0.39 is 10.3 Å². The second-order valence-corrected chi connectivity index (χ2v) is 4.10. The van der Waals surface area contributed by atoms with Crippen molar-refractivity contribution in [3.8, 4) is 0 Å². The number of hydrogen-bond acceptors (Lipinski definition) is 5. The first-order valence-corrected chi connectivity index (χ1v) is 5.19. The lowest BCUT2D eigenvalue weighted by Crippen LogP contribution is -2.09. The fourth-order valence-electron chi connectivity index (χ4n) is 1.01. The smallest absolute Gasteiger partial charge is 0.330 e. The Hall–Kier alpha value is -1.32. The zero-order valence-corrected chi connectivity index (χ0v) is 8.21. The van der Waals surface area contributed by atoms with Crippen LogP contribution in [0, 0.1) is 4.64 Å². The van der Waals surface area contributed by atoms with Crippen LogP contribution in [-0.4, -0.2) is 31.9 Å². The summed E-state index contributed by atoms with van der Waals surface area (Å²) in [6.07, 6.45) is 2.18. The van der Waals surface area contributed by atoms with E-state index in [1.807, 2.05) is 0 Å². The molecule has 2 N–H and O–H groups in total. The maximum absolute atomic E-state index is 10.8. The molecule has 0 aliphatic heterocycles. The first kappa shape index (κ1) is 9.24. The molecule has 0 fully saturated rings. The maximum Gasteiger partial charge on any atom is 0.366 e. The van der Waals surface area contributed by atoms with Crippen LogP contribution in [0.15, 0.2) is 12.7 Å². The third-order valence-corrected chi connectivity index (χ3v) is 2.64. The number of nitrogens with zero attached hydrogens (tertiary/aromatic N) is 3. The van der Waals surface area contributed by atoms with Crippen molar-refractivity contribution in [3.63, 3.8) is 0 Å². The monoisotopic (exact) mass is 232 g/mol. The van der Waals surface area contributed by atoms with E-state index in [0.717, 1.165) is 6.33 Å². The molecule has 0 saturated heterocycles. The van der Waals surface area contributed by atoms with Crippen molar-refractivity contribution in [2.45, 2.75) is 0 Å². The molecular formula is C5H4N4O3S2. The molecule has 14 heavy (non-hydrogen) atoms. The summed E-state index contributed by atoms with van der Waals surface area (Å²) in [5.74, 6) is 0. The van der Waals surface area contributed by atoms with Gasteiger partial charge in [0.25, 0.3) is 0 Å². The molecule has 0 unspecified atom stereocenters. The molecule has 0 atom stereocenters. The van der Waals surface area contributed by atoms with Gasteiger partial charge in [-0.1, -0.05) is 12.2 Å². The van der Waals surface area contributed by atoms with E-state index in [0.29, 0.717) is 3.97 Å². The zero-order valence-electron chi connectivity index (χ0n) is 6.58. The van der Waals surface area contributed by atoms with E-state index in [2.05, 4.69) is 15.0 Å². The predicted molar refractivity (Wildman–Crippen MR) is 49.7 cm³/mol. The lowest BCUT2D eigenvalue weighted by atomic mass is 10.6. The predicted octanol–water partition coefficient (Wildman–Crippen LogP) is 0.140. The lowest BCUT2D eigenvalue weighted by Gasteiger charge is -1.96. The van der Waals surface area contributed by atoms with Crippen molar-refractivity contribution >= 4 is 33.7 Å². The summed E-state index contributed by atoms with van der Waals surface area (Å²) in [5.41, 5.74) is 0.313. The van der Waals surface area contributed by atoms with Crippen LogP contribution in [0.25, 0.3) is 11.2 Å². The van der Waals surface area contributed by atoms with Gasteiger partial charge in [-0.2, -0.15) is 12.4 Å². The number of nitrogens with one attached hydrogen (secondary N) is 1. The molecule has 0 aromatic carbocycles. The largest absolute Gasteiger partial charge is 0.366 e. The van der Waals surface area contributed by atoms with Gasteiger partial charge in [-0.15, -0.1) is 0 Å². The number of aromatic nitrogens is 4. The molecule has 74 valence electrons. The normalized spacial score (nSPS) is 12.1. The number of aromatic amines is 1. The SMILES string of the molecule is O=S(=O)(O)n1cnc2c(=S)nc[nH]c21. The van der Waals surface area contributed by atoms with Crippen molar-refractivity contribution < 1.29 is 13.0 Å². The number of hydrogen-bond donors (Lipinski definition) is 2. The summed E-state index contributed by atoms with van der Waals surface area (Å²) >= 11 is 4.81. The first-order valence-electron chi connectivity index (χ1n) is 3.39. The van der Waals surface area contributed by atoms with Gasteiger partial charge < -0.3 is 4.98 Å². The Balaban J connectivity index is 2.97. The summed E-state index contributed by atoms with van der Waals surface area (Å²) in [4.78, 5) is 9.95. The Morgan fingerprint density at radius 2 is 2.21 bits per heavy atom. The third-order valence-electron chi connectivity index (χ3n) is 1.57. The van der Waals surface area contributed by atoms with Crippen LogP contribution in [0.5, 0.6) is 0 Å². The molecule has 9 heteroatoms. The van der Waals surface area contributed by atoms with E-state index >= 15 is 0 Å². The van der Waals surface area contributed by atoms with Crippen molar-refractivity contribution in [3.05, 3.63) is 17.3 Å². The van der Waals surface area contributed by atoms with Crippen LogP contribution in [0.2, 0.25) is 0 Å². The summed E-state index contributed by atoms with van der Waals surface area (Å²) < 4.78 is 31.2. The van der Waals surface area contributed by atoms with E-state index in [1.54, 1.807) is 0 Å². The zero-order chi connectivity index (χ0) is 10.3. The van der Waals surface area contributed by atoms with Crippen LogP contribution in [0.1, 0.15) is 0 Å². The Labute approximate surface area is 83.3 Å². The fraction of sp³-hybridized carbons (Fsp3) is 0. The van der Waals surface area contributed by atoms with Gasteiger partial charge in [-0.25, -0.2) is 9.97 Å². The molecule has 2 aromatic heterocycles. The van der Waals surface area contributed by atoms with Crippen LogP contribution in [0.3, 0.4) is 0 Å². The van der Waals surface area contributed by atoms with Crippen molar-refractivity contribution in [1.82, 2.24) is 18.9 Å². The topological polar surface area (TPSA) is 101 Å². The molecule has 0 radical (unpaired) electrons.